The number of amides is 2. The molecule has 0 bridgehead atoms. The summed E-state index contributed by atoms with van der Waals surface area (Å²) in [6, 6.07) is 18.1. The molecule has 1 fully saturated rings. The summed E-state index contributed by atoms with van der Waals surface area (Å²) in [6.07, 6.45) is 5.59. The summed E-state index contributed by atoms with van der Waals surface area (Å²) in [5, 5.41) is 11.7. The van der Waals surface area contributed by atoms with E-state index in [0.29, 0.717) is 12.0 Å². The smallest absolute Gasteiger partial charge is 0.245 e. The van der Waals surface area contributed by atoms with Crippen LogP contribution in [0.4, 0.5) is 0 Å². The van der Waals surface area contributed by atoms with E-state index in [-0.39, 0.29) is 11.8 Å². The number of nitriles is 1. The fourth-order valence-corrected chi connectivity index (χ4v) is 3.27. The third kappa shape index (κ3) is 5.31. The van der Waals surface area contributed by atoms with Gasteiger partial charge >= 0.3 is 0 Å². The number of rotatable bonds is 6. The fourth-order valence-electron chi connectivity index (χ4n) is 3.27. The van der Waals surface area contributed by atoms with Gasteiger partial charge in [-0.15, -0.1) is 0 Å². The first-order valence-corrected chi connectivity index (χ1v) is 9.47. The van der Waals surface area contributed by atoms with Crippen molar-refractivity contribution in [1.29, 1.82) is 5.26 Å². The van der Waals surface area contributed by atoms with Crippen LogP contribution in [0.15, 0.2) is 60.7 Å². The number of likely N-dealkylation sites (tertiary alicyclic amines) is 1. The summed E-state index contributed by atoms with van der Waals surface area (Å²) in [4.78, 5) is 27.2. The van der Waals surface area contributed by atoms with E-state index in [1.807, 2.05) is 35.2 Å². The van der Waals surface area contributed by atoms with Crippen molar-refractivity contribution in [2.45, 2.75) is 25.3 Å². The van der Waals surface area contributed by atoms with Gasteiger partial charge in [-0.1, -0.05) is 42.5 Å². The lowest BCUT2D eigenvalue weighted by Crippen LogP contribution is -2.48. The van der Waals surface area contributed by atoms with Crippen LogP contribution in [0, 0.1) is 11.3 Å². The highest BCUT2D eigenvalue weighted by atomic mass is 16.2. The SMILES string of the molecule is N#Cc1ccc(/C=C/C(=O)N[C@@H](Cc2ccccc2)C(=O)N2CCCC2)cc1. The van der Waals surface area contributed by atoms with E-state index in [4.69, 9.17) is 5.26 Å². The lowest BCUT2D eigenvalue weighted by molar-refractivity contribution is -0.134. The van der Waals surface area contributed by atoms with Gasteiger partial charge in [0.1, 0.15) is 6.04 Å². The first kappa shape index (κ1) is 19.4. The first-order chi connectivity index (χ1) is 13.7. The minimum absolute atomic E-state index is 0.0264. The summed E-state index contributed by atoms with van der Waals surface area (Å²) in [6.45, 7) is 1.50. The van der Waals surface area contributed by atoms with Gasteiger partial charge < -0.3 is 10.2 Å². The van der Waals surface area contributed by atoms with Crippen molar-refractivity contribution in [3.8, 4) is 6.07 Å². The summed E-state index contributed by atoms with van der Waals surface area (Å²) in [5.74, 6) is -0.334. The van der Waals surface area contributed by atoms with Crippen LogP contribution < -0.4 is 5.32 Å². The van der Waals surface area contributed by atoms with Gasteiger partial charge in [-0.05, 0) is 42.2 Å². The maximum atomic E-state index is 12.9. The molecule has 3 rings (SSSR count). The largest absolute Gasteiger partial charge is 0.341 e. The number of hydrogen-bond acceptors (Lipinski definition) is 3. The van der Waals surface area contributed by atoms with Crippen LogP contribution in [0.25, 0.3) is 6.08 Å². The number of benzene rings is 2. The molecule has 5 heteroatoms. The molecule has 2 aromatic carbocycles. The predicted molar refractivity (Wildman–Crippen MR) is 108 cm³/mol. The molecule has 0 aliphatic carbocycles. The zero-order valence-corrected chi connectivity index (χ0v) is 15.7. The van der Waals surface area contributed by atoms with Crippen LogP contribution >= 0.6 is 0 Å². The zero-order chi connectivity index (χ0) is 19.8. The lowest BCUT2D eigenvalue weighted by atomic mass is 10.0. The van der Waals surface area contributed by atoms with Crippen molar-refractivity contribution in [2.24, 2.45) is 0 Å². The van der Waals surface area contributed by atoms with E-state index >= 15 is 0 Å². The third-order valence-corrected chi connectivity index (χ3v) is 4.78. The van der Waals surface area contributed by atoms with Crippen LogP contribution in [0.1, 0.15) is 29.5 Å². The van der Waals surface area contributed by atoms with E-state index in [2.05, 4.69) is 11.4 Å². The summed E-state index contributed by atoms with van der Waals surface area (Å²) >= 11 is 0. The van der Waals surface area contributed by atoms with Gasteiger partial charge in [-0.25, -0.2) is 0 Å². The maximum Gasteiger partial charge on any atom is 0.245 e. The second-order valence-corrected chi connectivity index (χ2v) is 6.85. The molecule has 1 atom stereocenters. The second-order valence-electron chi connectivity index (χ2n) is 6.85. The van der Waals surface area contributed by atoms with Crippen molar-refractivity contribution in [3.05, 3.63) is 77.4 Å². The molecule has 2 amide bonds. The Bertz CT molecular complexity index is 876. The molecule has 0 spiro atoms. The van der Waals surface area contributed by atoms with Gasteiger partial charge in [0, 0.05) is 25.6 Å². The van der Waals surface area contributed by atoms with Crippen molar-refractivity contribution in [1.82, 2.24) is 10.2 Å². The Labute approximate surface area is 165 Å². The Morgan fingerprint density at radius 2 is 1.75 bits per heavy atom. The van der Waals surface area contributed by atoms with Gasteiger partial charge in [0.05, 0.1) is 11.6 Å². The van der Waals surface area contributed by atoms with Crippen LogP contribution in [0.5, 0.6) is 0 Å². The summed E-state index contributed by atoms with van der Waals surface area (Å²) in [5.41, 5.74) is 2.40. The first-order valence-electron chi connectivity index (χ1n) is 9.47. The Morgan fingerprint density at radius 3 is 2.39 bits per heavy atom. The lowest BCUT2D eigenvalue weighted by Gasteiger charge is -2.23. The normalized spacial score (nSPS) is 14.6. The van der Waals surface area contributed by atoms with Gasteiger partial charge in [-0.2, -0.15) is 5.26 Å². The minimum Gasteiger partial charge on any atom is -0.341 e. The number of nitrogens with one attached hydrogen (secondary N) is 1. The van der Waals surface area contributed by atoms with Crippen LogP contribution in [0.3, 0.4) is 0 Å². The number of nitrogens with zero attached hydrogens (tertiary/aromatic N) is 2. The van der Waals surface area contributed by atoms with E-state index in [1.165, 1.54) is 6.08 Å². The summed E-state index contributed by atoms with van der Waals surface area (Å²) < 4.78 is 0. The Hall–Kier alpha value is -3.39. The van der Waals surface area contributed by atoms with E-state index in [0.717, 1.165) is 37.1 Å². The van der Waals surface area contributed by atoms with E-state index in [1.54, 1.807) is 30.3 Å². The van der Waals surface area contributed by atoms with E-state index < -0.39 is 6.04 Å². The molecule has 0 radical (unpaired) electrons. The molecule has 1 aliphatic rings. The van der Waals surface area contributed by atoms with Crippen LogP contribution in [0.2, 0.25) is 0 Å². The fraction of sp³-hybridized carbons (Fsp3) is 0.261. The monoisotopic (exact) mass is 373 g/mol. The molecule has 28 heavy (non-hydrogen) atoms. The average molecular weight is 373 g/mol. The molecule has 1 heterocycles. The Morgan fingerprint density at radius 1 is 1.07 bits per heavy atom. The van der Waals surface area contributed by atoms with Gasteiger partial charge in [0.25, 0.3) is 0 Å². The standard InChI is InChI=1S/C23H23N3O2/c24-17-20-10-8-18(9-11-20)12-13-22(27)25-21(16-19-6-2-1-3-7-19)23(28)26-14-4-5-15-26/h1-3,6-13,21H,4-5,14-16H2,(H,25,27)/b13-12+/t21-/m0/s1. The molecule has 1 saturated heterocycles. The van der Waals surface area contributed by atoms with Crippen molar-refractivity contribution >= 4 is 17.9 Å². The molecule has 5 nitrogen and oxygen atoms in total. The molecular formula is C23H23N3O2. The van der Waals surface area contributed by atoms with Crippen LogP contribution in [-0.2, 0) is 16.0 Å². The number of carbonyl (C=O) groups is 2. The van der Waals surface area contributed by atoms with E-state index in [9.17, 15) is 9.59 Å². The Balaban J connectivity index is 1.68. The molecule has 2 aromatic rings. The second kappa shape index (κ2) is 9.52. The summed E-state index contributed by atoms with van der Waals surface area (Å²) in [7, 11) is 0. The van der Waals surface area contributed by atoms with Crippen LogP contribution in [-0.4, -0.2) is 35.8 Å². The van der Waals surface area contributed by atoms with Gasteiger partial charge in [0.15, 0.2) is 0 Å². The molecule has 0 unspecified atom stereocenters. The molecule has 1 N–H and O–H groups in total. The quantitative estimate of drug-likeness (QED) is 0.791. The maximum absolute atomic E-state index is 12.9. The highest BCUT2D eigenvalue weighted by Gasteiger charge is 2.27. The number of carbonyl (C=O) groups excluding carboxylic acids is 2. The van der Waals surface area contributed by atoms with Crippen molar-refractivity contribution < 1.29 is 9.59 Å². The minimum atomic E-state index is -0.585. The molecule has 142 valence electrons. The molecule has 0 aromatic heterocycles. The Kier molecular flexibility index (Phi) is 6.59. The van der Waals surface area contributed by atoms with Crippen molar-refractivity contribution in [2.75, 3.05) is 13.1 Å². The zero-order valence-electron chi connectivity index (χ0n) is 15.7. The average Bonchev–Trinajstić information content (AvgIpc) is 3.27. The van der Waals surface area contributed by atoms with Gasteiger partial charge in [0.2, 0.25) is 11.8 Å². The van der Waals surface area contributed by atoms with Gasteiger partial charge in [-0.3, -0.25) is 9.59 Å². The molecule has 0 saturated carbocycles. The molecule has 1 aliphatic heterocycles. The predicted octanol–water partition coefficient (Wildman–Crippen LogP) is 2.92. The number of hydrogen-bond donors (Lipinski definition) is 1. The van der Waals surface area contributed by atoms with Crippen molar-refractivity contribution in [3.63, 3.8) is 0 Å². The topological polar surface area (TPSA) is 73.2 Å². The molecular weight excluding hydrogens is 350 g/mol. The third-order valence-electron chi connectivity index (χ3n) is 4.78. The highest BCUT2D eigenvalue weighted by Crippen LogP contribution is 2.12. The highest BCUT2D eigenvalue weighted by molar-refractivity contribution is 5.95.